The molecule has 0 spiro atoms. The third-order valence-corrected chi connectivity index (χ3v) is 4.06. The molecule has 5 nitrogen and oxygen atoms in total. The predicted octanol–water partition coefficient (Wildman–Crippen LogP) is 3.22. The Balaban J connectivity index is 1.95. The summed E-state index contributed by atoms with van der Waals surface area (Å²) in [6.07, 6.45) is 0. The summed E-state index contributed by atoms with van der Waals surface area (Å²) >= 11 is 5.85. The van der Waals surface area contributed by atoms with Crippen molar-refractivity contribution in [2.24, 2.45) is 0 Å². The number of rotatable bonds is 1. The fourth-order valence-corrected chi connectivity index (χ4v) is 2.82. The Bertz CT molecular complexity index is 974. The molecule has 0 fully saturated rings. The second-order valence-electron chi connectivity index (χ2n) is 5.16. The van der Waals surface area contributed by atoms with Crippen LogP contribution in [0.15, 0.2) is 48.5 Å². The van der Waals surface area contributed by atoms with Gasteiger partial charge >= 0.3 is 0 Å². The molecule has 0 saturated heterocycles. The van der Waals surface area contributed by atoms with Gasteiger partial charge in [-0.05, 0) is 24.3 Å². The zero-order chi connectivity index (χ0) is 16.1. The first-order chi connectivity index (χ1) is 11.1. The first kappa shape index (κ1) is 13.7. The van der Waals surface area contributed by atoms with Gasteiger partial charge in [0, 0.05) is 21.7 Å². The van der Waals surface area contributed by atoms with Gasteiger partial charge in [-0.3, -0.25) is 9.59 Å². The minimum absolute atomic E-state index is 0.0406. The molecule has 1 N–H and O–H groups in total. The second kappa shape index (κ2) is 4.79. The van der Waals surface area contributed by atoms with Crippen molar-refractivity contribution in [2.45, 2.75) is 0 Å². The minimum Gasteiger partial charge on any atom is -0.426 e. The van der Waals surface area contributed by atoms with E-state index in [1.54, 1.807) is 48.5 Å². The highest BCUT2D eigenvalue weighted by Crippen LogP contribution is 2.30. The van der Waals surface area contributed by atoms with Crippen LogP contribution in [0, 0.1) is 0 Å². The molecule has 0 aliphatic heterocycles. The van der Waals surface area contributed by atoms with Crippen molar-refractivity contribution in [3.05, 3.63) is 76.1 Å². The highest BCUT2D eigenvalue weighted by molar-refractivity contribution is 6.30. The van der Waals surface area contributed by atoms with Crippen molar-refractivity contribution < 1.29 is 14.8 Å². The van der Waals surface area contributed by atoms with Gasteiger partial charge in [0.25, 0.3) is 0 Å². The Labute approximate surface area is 135 Å². The van der Waals surface area contributed by atoms with E-state index in [9.17, 15) is 14.8 Å². The molecule has 0 radical (unpaired) electrons. The van der Waals surface area contributed by atoms with Gasteiger partial charge in [-0.2, -0.15) is 4.73 Å². The number of hydrogen-bond acceptors (Lipinski definition) is 4. The molecule has 2 aromatic carbocycles. The molecule has 0 bridgehead atoms. The maximum absolute atomic E-state index is 12.6. The maximum atomic E-state index is 12.6. The highest BCUT2D eigenvalue weighted by atomic mass is 35.5. The lowest BCUT2D eigenvalue weighted by atomic mass is 9.90. The second-order valence-corrected chi connectivity index (χ2v) is 5.59. The van der Waals surface area contributed by atoms with Gasteiger partial charge in [0.15, 0.2) is 11.5 Å². The van der Waals surface area contributed by atoms with Crippen molar-refractivity contribution in [1.29, 1.82) is 0 Å². The van der Waals surface area contributed by atoms with Crippen LogP contribution in [-0.4, -0.2) is 26.5 Å². The van der Waals surface area contributed by atoms with Gasteiger partial charge in [-0.15, -0.1) is 0 Å². The van der Waals surface area contributed by atoms with Crippen molar-refractivity contribution in [2.75, 3.05) is 0 Å². The van der Waals surface area contributed by atoms with E-state index in [1.807, 2.05) is 0 Å². The monoisotopic (exact) mass is 324 g/mol. The Morgan fingerprint density at radius 2 is 1.52 bits per heavy atom. The minimum atomic E-state index is -0.426. The molecule has 0 amide bonds. The summed E-state index contributed by atoms with van der Waals surface area (Å²) in [5.41, 5.74) is 0.962. The largest absolute Gasteiger partial charge is 0.426 e. The number of hydrogen-bond donors (Lipinski definition) is 1. The van der Waals surface area contributed by atoms with Crippen molar-refractivity contribution in [1.82, 2.24) is 9.71 Å². The van der Waals surface area contributed by atoms with E-state index in [0.29, 0.717) is 20.9 Å². The van der Waals surface area contributed by atoms with Crippen LogP contribution in [0.4, 0.5) is 0 Å². The average molecular weight is 325 g/mol. The lowest BCUT2D eigenvalue weighted by Gasteiger charge is -2.13. The van der Waals surface area contributed by atoms with Crippen LogP contribution in [-0.2, 0) is 0 Å². The molecular formula is C17H9ClN2O3. The number of imidazole rings is 1. The van der Waals surface area contributed by atoms with E-state index < -0.39 is 5.78 Å². The standard InChI is InChI=1S/C17H9ClN2O3/c18-10-7-5-9(6-8-10)17-19-13-14(20(17)23)16(22)12-4-2-1-3-11(12)15(13)21/h1-8,23H. The average Bonchev–Trinajstić information content (AvgIpc) is 2.91. The van der Waals surface area contributed by atoms with E-state index >= 15 is 0 Å². The molecule has 1 aliphatic rings. The van der Waals surface area contributed by atoms with E-state index in [-0.39, 0.29) is 28.6 Å². The van der Waals surface area contributed by atoms with Crippen LogP contribution in [0.2, 0.25) is 5.02 Å². The zero-order valence-corrected chi connectivity index (χ0v) is 12.4. The van der Waals surface area contributed by atoms with Crippen LogP contribution in [0.5, 0.6) is 0 Å². The molecule has 3 aromatic rings. The fraction of sp³-hybridized carbons (Fsp3) is 0. The van der Waals surface area contributed by atoms with Crippen molar-refractivity contribution in [3.63, 3.8) is 0 Å². The van der Waals surface area contributed by atoms with E-state index in [4.69, 9.17) is 11.6 Å². The number of carbonyl (C=O) groups is 2. The number of nitrogens with zero attached hydrogens (tertiary/aromatic N) is 2. The topological polar surface area (TPSA) is 72.2 Å². The van der Waals surface area contributed by atoms with E-state index in [0.717, 1.165) is 0 Å². The molecule has 23 heavy (non-hydrogen) atoms. The molecule has 1 aliphatic carbocycles. The molecule has 0 atom stereocenters. The van der Waals surface area contributed by atoms with Crippen LogP contribution >= 0.6 is 11.6 Å². The summed E-state index contributed by atoms with van der Waals surface area (Å²) in [5.74, 6) is -0.676. The third kappa shape index (κ3) is 1.90. The van der Waals surface area contributed by atoms with Crippen LogP contribution in [0.3, 0.4) is 0 Å². The fourth-order valence-electron chi connectivity index (χ4n) is 2.69. The molecule has 112 valence electrons. The van der Waals surface area contributed by atoms with Gasteiger partial charge in [-0.1, -0.05) is 35.9 Å². The molecule has 1 aromatic heterocycles. The normalized spacial score (nSPS) is 12.9. The first-order valence-electron chi connectivity index (χ1n) is 6.84. The summed E-state index contributed by atoms with van der Waals surface area (Å²) in [4.78, 5) is 29.3. The molecule has 4 rings (SSSR count). The number of halogens is 1. The molecule has 0 unspecified atom stereocenters. The van der Waals surface area contributed by atoms with E-state index in [1.165, 1.54) is 0 Å². The molecule has 1 heterocycles. The number of ketones is 2. The lowest BCUT2D eigenvalue weighted by Crippen LogP contribution is -2.22. The number of aromatic nitrogens is 2. The summed E-state index contributed by atoms with van der Waals surface area (Å²) in [5, 5.41) is 10.9. The zero-order valence-electron chi connectivity index (χ0n) is 11.7. The first-order valence-corrected chi connectivity index (χ1v) is 7.22. The summed E-state index contributed by atoms with van der Waals surface area (Å²) in [6, 6.07) is 13.1. The number of carbonyl (C=O) groups excluding carboxylic acids is 2. The summed E-state index contributed by atoms with van der Waals surface area (Å²) in [6.45, 7) is 0. The van der Waals surface area contributed by atoms with E-state index in [2.05, 4.69) is 4.98 Å². The maximum Gasteiger partial charge on any atom is 0.216 e. The Morgan fingerprint density at radius 3 is 2.17 bits per heavy atom. The summed E-state index contributed by atoms with van der Waals surface area (Å²) < 4.78 is 0.675. The quantitative estimate of drug-likeness (QED) is 0.546. The highest BCUT2D eigenvalue weighted by Gasteiger charge is 2.36. The van der Waals surface area contributed by atoms with Crippen LogP contribution in [0.1, 0.15) is 32.1 Å². The van der Waals surface area contributed by atoms with Crippen LogP contribution < -0.4 is 0 Å². The molecule has 0 saturated carbocycles. The SMILES string of the molecule is O=C1c2ccccc2C(=O)c2c1nc(-c1ccc(Cl)cc1)n2O. The molecule has 6 heteroatoms. The summed E-state index contributed by atoms with van der Waals surface area (Å²) in [7, 11) is 0. The smallest absolute Gasteiger partial charge is 0.216 e. The van der Waals surface area contributed by atoms with Gasteiger partial charge in [0.05, 0.1) is 0 Å². The molecular weight excluding hydrogens is 316 g/mol. The number of benzene rings is 2. The van der Waals surface area contributed by atoms with Gasteiger partial charge < -0.3 is 5.21 Å². The number of fused-ring (bicyclic) bond motifs is 2. The Kier molecular flexibility index (Phi) is 2.86. The van der Waals surface area contributed by atoms with Gasteiger partial charge in [0.1, 0.15) is 5.69 Å². The lowest BCUT2D eigenvalue weighted by molar-refractivity contribution is 0.0941. The van der Waals surface area contributed by atoms with Crippen LogP contribution in [0.25, 0.3) is 11.4 Å². The van der Waals surface area contributed by atoms with Gasteiger partial charge in [0.2, 0.25) is 11.6 Å². The Morgan fingerprint density at radius 1 is 0.913 bits per heavy atom. The Hall–Kier alpha value is -2.92. The third-order valence-electron chi connectivity index (χ3n) is 3.80. The van der Waals surface area contributed by atoms with Crippen molar-refractivity contribution in [3.8, 4) is 11.4 Å². The predicted molar refractivity (Wildman–Crippen MR) is 83.2 cm³/mol. The van der Waals surface area contributed by atoms with Crippen molar-refractivity contribution >= 4 is 23.2 Å². The van der Waals surface area contributed by atoms with Gasteiger partial charge in [-0.25, -0.2) is 4.98 Å².